The number of amides is 4. The molecule has 3 heterocycles. The summed E-state index contributed by atoms with van der Waals surface area (Å²) in [6.07, 6.45) is 3.21. The quantitative estimate of drug-likeness (QED) is 0.419. The highest BCUT2D eigenvalue weighted by Gasteiger charge is 2.26. The van der Waals surface area contributed by atoms with Gasteiger partial charge < -0.3 is 35.6 Å². The monoisotopic (exact) mass is 611 g/mol. The molecule has 0 aromatic heterocycles. The lowest BCUT2D eigenvalue weighted by Crippen LogP contribution is -2.46. The van der Waals surface area contributed by atoms with Crippen LogP contribution >= 0.6 is 0 Å². The zero-order valence-electron chi connectivity index (χ0n) is 25.4. The van der Waals surface area contributed by atoms with E-state index in [0.717, 1.165) is 19.4 Å². The first kappa shape index (κ1) is 32.7. The molecule has 2 atom stereocenters. The van der Waals surface area contributed by atoms with Crippen LogP contribution in [0.1, 0.15) is 61.4 Å². The van der Waals surface area contributed by atoms with Gasteiger partial charge in [0.1, 0.15) is 6.04 Å². The Morgan fingerprint density at radius 2 is 1.84 bits per heavy atom. The van der Waals surface area contributed by atoms with Gasteiger partial charge in [-0.2, -0.15) is 0 Å². The molecule has 0 saturated carbocycles. The van der Waals surface area contributed by atoms with E-state index in [-0.39, 0.29) is 54.0 Å². The number of benzene rings is 2. The van der Waals surface area contributed by atoms with Crippen molar-refractivity contribution < 1.29 is 33.0 Å². The SMILES string of the molecule is CC[C@@H]1NC(=O)CCCN(C(=O)[C@@H]2CCCNC2)CCCNC(=O)c2ccc(OC)c(c2)Oc2ccc(cc2F)CNC1=O. The van der Waals surface area contributed by atoms with Crippen molar-refractivity contribution in [3.8, 4) is 17.2 Å². The van der Waals surface area contributed by atoms with Crippen LogP contribution in [0.2, 0.25) is 0 Å². The lowest BCUT2D eigenvalue weighted by molar-refractivity contribution is -0.136. The van der Waals surface area contributed by atoms with E-state index in [9.17, 15) is 19.2 Å². The first-order valence-corrected chi connectivity index (χ1v) is 15.3. The minimum Gasteiger partial charge on any atom is -0.493 e. The maximum absolute atomic E-state index is 15.0. The predicted molar refractivity (Wildman–Crippen MR) is 162 cm³/mol. The Kier molecular flexibility index (Phi) is 11.9. The van der Waals surface area contributed by atoms with Gasteiger partial charge in [-0.15, -0.1) is 0 Å². The molecular weight excluding hydrogens is 569 g/mol. The van der Waals surface area contributed by atoms with Crippen molar-refractivity contribution in [1.82, 2.24) is 26.2 Å². The second kappa shape index (κ2) is 16.0. The number of rotatable bonds is 3. The van der Waals surface area contributed by atoms with E-state index in [1.165, 1.54) is 25.3 Å². The maximum Gasteiger partial charge on any atom is 0.251 e. The molecule has 1 saturated heterocycles. The van der Waals surface area contributed by atoms with Crippen LogP contribution in [0.4, 0.5) is 4.39 Å². The highest BCUT2D eigenvalue weighted by Crippen LogP contribution is 2.34. The van der Waals surface area contributed by atoms with E-state index in [0.29, 0.717) is 62.3 Å². The molecule has 44 heavy (non-hydrogen) atoms. The molecule has 3 aliphatic heterocycles. The standard InChI is InChI=1S/C32H42FN5O6/c1-3-25-31(41)36-19-21-9-11-26(24(33)17-21)44-28-18-22(10-12-27(28)43-2)30(40)35-14-6-16-38(15-5-8-29(39)37-25)32(42)23-7-4-13-34-20-23/h9-12,17-18,23,25,34H,3-8,13-16,19-20H2,1-2H3,(H,35,40)(H,36,41)(H,37,39)/t23-,25+/m1/s1. The van der Waals surface area contributed by atoms with Crippen molar-refractivity contribution in [2.24, 2.45) is 5.92 Å². The second-order valence-electron chi connectivity index (χ2n) is 11.1. The molecule has 2 aromatic rings. The topological polar surface area (TPSA) is 138 Å². The van der Waals surface area contributed by atoms with Gasteiger partial charge in [-0.25, -0.2) is 4.39 Å². The number of fused-ring (bicyclic) bond motifs is 16. The molecule has 238 valence electrons. The highest BCUT2D eigenvalue weighted by atomic mass is 19.1. The van der Waals surface area contributed by atoms with Gasteiger partial charge in [0.05, 0.1) is 13.0 Å². The normalized spacial score (nSPS) is 21.0. The summed E-state index contributed by atoms with van der Waals surface area (Å²) in [5.41, 5.74) is 0.803. The van der Waals surface area contributed by atoms with E-state index in [2.05, 4.69) is 21.3 Å². The largest absolute Gasteiger partial charge is 0.493 e. The molecule has 4 N–H and O–H groups in total. The lowest BCUT2D eigenvalue weighted by atomic mass is 9.98. The number of halogens is 1. The first-order valence-electron chi connectivity index (χ1n) is 15.3. The smallest absolute Gasteiger partial charge is 0.251 e. The van der Waals surface area contributed by atoms with Crippen LogP contribution in [0.3, 0.4) is 0 Å². The molecule has 4 bridgehead atoms. The van der Waals surface area contributed by atoms with Crippen LogP contribution in [0, 0.1) is 11.7 Å². The summed E-state index contributed by atoms with van der Waals surface area (Å²) in [7, 11) is 1.45. The number of hydrogen-bond donors (Lipinski definition) is 4. The minimum atomic E-state index is -0.744. The molecule has 12 heteroatoms. The predicted octanol–water partition coefficient (Wildman–Crippen LogP) is 2.88. The Morgan fingerprint density at radius 1 is 1.02 bits per heavy atom. The lowest BCUT2D eigenvalue weighted by Gasteiger charge is -2.30. The van der Waals surface area contributed by atoms with Gasteiger partial charge in [-0.3, -0.25) is 19.2 Å². The number of carbonyl (C=O) groups is 4. The number of hydrogen-bond acceptors (Lipinski definition) is 7. The van der Waals surface area contributed by atoms with Crippen molar-refractivity contribution >= 4 is 23.6 Å². The van der Waals surface area contributed by atoms with Gasteiger partial charge in [0, 0.05) is 44.7 Å². The fourth-order valence-electron chi connectivity index (χ4n) is 5.34. The number of ether oxygens (including phenoxy) is 2. The Labute approximate surface area is 257 Å². The average Bonchev–Trinajstić information content (AvgIpc) is 3.04. The third-order valence-electron chi connectivity index (χ3n) is 7.85. The van der Waals surface area contributed by atoms with Crippen LogP contribution in [-0.2, 0) is 20.9 Å². The molecule has 4 amide bonds. The fraction of sp³-hybridized carbons (Fsp3) is 0.500. The minimum absolute atomic E-state index is 0.0382. The highest BCUT2D eigenvalue weighted by molar-refractivity contribution is 5.95. The van der Waals surface area contributed by atoms with Gasteiger partial charge in [-0.1, -0.05) is 13.0 Å². The van der Waals surface area contributed by atoms with Gasteiger partial charge in [0.2, 0.25) is 17.7 Å². The van der Waals surface area contributed by atoms with Crippen LogP contribution in [0.15, 0.2) is 36.4 Å². The third kappa shape index (κ3) is 8.91. The van der Waals surface area contributed by atoms with Crippen molar-refractivity contribution in [1.29, 1.82) is 0 Å². The number of carbonyl (C=O) groups excluding carboxylic acids is 4. The van der Waals surface area contributed by atoms with Gasteiger partial charge in [-0.05, 0) is 74.5 Å². The average molecular weight is 612 g/mol. The van der Waals surface area contributed by atoms with E-state index in [4.69, 9.17) is 9.47 Å². The van der Waals surface area contributed by atoms with E-state index >= 15 is 4.39 Å². The third-order valence-corrected chi connectivity index (χ3v) is 7.85. The fourth-order valence-corrected chi connectivity index (χ4v) is 5.34. The summed E-state index contributed by atoms with van der Waals surface area (Å²) in [5, 5.41) is 11.7. The van der Waals surface area contributed by atoms with Crippen LogP contribution in [-0.4, -0.2) is 74.4 Å². The summed E-state index contributed by atoms with van der Waals surface area (Å²) >= 11 is 0. The molecule has 11 nitrogen and oxygen atoms in total. The molecule has 0 spiro atoms. The van der Waals surface area contributed by atoms with Gasteiger partial charge in [0.15, 0.2) is 23.1 Å². The molecule has 0 aliphatic carbocycles. The molecule has 2 aromatic carbocycles. The summed E-state index contributed by atoms with van der Waals surface area (Å²) < 4.78 is 26.2. The van der Waals surface area contributed by atoms with E-state index < -0.39 is 11.9 Å². The second-order valence-corrected chi connectivity index (χ2v) is 11.1. The Hall–Kier alpha value is -4.19. The Bertz CT molecular complexity index is 1330. The zero-order chi connectivity index (χ0) is 31.5. The summed E-state index contributed by atoms with van der Waals surface area (Å²) in [4.78, 5) is 53.7. The Balaban J connectivity index is 1.54. The molecule has 1 fully saturated rings. The van der Waals surface area contributed by atoms with Crippen LogP contribution < -0.4 is 30.7 Å². The number of methoxy groups -OCH3 is 1. The molecule has 5 rings (SSSR count). The van der Waals surface area contributed by atoms with Crippen molar-refractivity contribution in [2.75, 3.05) is 39.8 Å². The van der Waals surface area contributed by atoms with Crippen molar-refractivity contribution in [2.45, 2.75) is 58.0 Å². The van der Waals surface area contributed by atoms with E-state index in [1.807, 2.05) is 0 Å². The number of piperidine rings is 1. The summed E-state index contributed by atoms with van der Waals surface area (Å²) in [6, 6.07) is 8.21. The van der Waals surface area contributed by atoms with Gasteiger partial charge in [0.25, 0.3) is 5.91 Å². The van der Waals surface area contributed by atoms with Crippen LogP contribution in [0.25, 0.3) is 0 Å². The molecule has 0 unspecified atom stereocenters. The first-order chi connectivity index (χ1) is 21.3. The molecular formula is C32H42FN5O6. The van der Waals surface area contributed by atoms with Crippen LogP contribution in [0.5, 0.6) is 17.2 Å². The van der Waals surface area contributed by atoms with Crippen molar-refractivity contribution in [3.63, 3.8) is 0 Å². The van der Waals surface area contributed by atoms with E-state index in [1.54, 1.807) is 30.0 Å². The molecule has 0 radical (unpaired) electrons. The van der Waals surface area contributed by atoms with Gasteiger partial charge >= 0.3 is 0 Å². The number of nitrogens with one attached hydrogen (secondary N) is 4. The maximum atomic E-state index is 15.0. The Morgan fingerprint density at radius 3 is 2.57 bits per heavy atom. The number of nitrogens with zero attached hydrogens (tertiary/aromatic N) is 1. The van der Waals surface area contributed by atoms with Crippen molar-refractivity contribution in [3.05, 3.63) is 53.3 Å². The summed E-state index contributed by atoms with van der Waals surface area (Å²) in [6.45, 7) is 4.48. The summed E-state index contributed by atoms with van der Waals surface area (Å²) in [5.74, 6) is -1.34. The molecule has 3 aliphatic rings. The zero-order valence-corrected chi connectivity index (χ0v) is 25.4.